The van der Waals surface area contributed by atoms with E-state index in [-0.39, 0.29) is 0 Å². The van der Waals surface area contributed by atoms with Gasteiger partial charge in [-0.2, -0.15) is 0 Å². The molecule has 1 saturated carbocycles. The highest BCUT2D eigenvalue weighted by Gasteiger charge is 2.23. The summed E-state index contributed by atoms with van der Waals surface area (Å²) in [5.74, 6) is 1.56. The van der Waals surface area contributed by atoms with Crippen LogP contribution >= 0.6 is 11.3 Å². The van der Waals surface area contributed by atoms with Gasteiger partial charge in [-0.3, -0.25) is 0 Å². The van der Waals surface area contributed by atoms with E-state index >= 15 is 0 Å². The summed E-state index contributed by atoms with van der Waals surface area (Å²) in [7, 11) is 0. The lowest BCUT2D eigenvalue weighted by molar-refractivity contribution is 0.361. The first-order valence-electron chi connectivity index (χ1n) is 7.00. The van der Waals surface area contributed by atoms with Gasteiger partial charge in [0.25, 0.3) is 0 Å². The molecule has 17 heavy (non-hydrogen) atoms. The summed E-state index contributed by atoms with van der Waals surface area (Å²) in [6, 6.07) is 5.47. The number of rotatable bonds is 7. The molecule has 1 fully saturated rings. The molecule has 0 amide bonds. The molecule has 96 valence electrons. The number of hydrogen-bond donors (Lipinski definition) is 1. The molecule has 1 unspecified atom stereocenters. The smallest absolute Gasteiger partial charge is 0.00683 e. The van der Waals surface area contributed by atoms with E-state index in [0.717, 1.165) is 17.9 Å². The number of hydrogen-bond acceptors (Lipinski definition) is 2. The van der Waals surface area contributed by atoms with Crippen LogP contribution in [0, 0.1) is 11.8 Å². The van der Waals surface area contributed by atoms with E-state index in [9.17, 15) is 0 Å². The molecule has 1 aromatic heterocycles. The van der Waals surface area contributed by atoms with Gasteiger partial charge in [0, 0.05) is 15.8 Å². The van der Waals surface area contributed by atoms with Gasteiger partial charge in [-0.05, 0) is 56.2 Å². The van der Waals surface area contributed by atoms with Gasteiger partial charge in [0.05, 0.1) is 0 Å². The van der Waals surface area contributed by atoms with E-state index in [1.54, 1.807) is 4.88 Å². The maximum absolute atomic E-state index is 3.68. The Morgan fingerprint density at radius 1 is 1.29 bits per heavy atom. The molecule has 0 aromatic carbocycles. The largest absolute Gasteiger partial charge is 0.314 e. The lowest BCUT2D eigenvalue weighted by atomic mass is 9.92. The molecule has 1 aliphatic rings. The molecule has 0 aliphatic heterocycles. The average molecular weight is 251 g/mol. The Hall–Kier alpha value is -0.340. The molecule has 1 aromatic rings. The van der Waals surface area contributed by atoms with Crippen LogP contribution in [-0.4, -0.2) is 12.6 Å². The Kier molecular flexibility index (Phi) is 4.63. The molecular formula is C15H25NS. The zero-order valence-electron chi connectivity index (χ0n) is 11.3. The molecule has 1 aliphatic carbocycles. The first-order valence-corrected chi connectivity index (χ1v) is 7.81. The zero-order chi connectivity index (χ0) is 12.3. The fourth-order valence-corrected chi connectivity index (χ4v) is 3.18. The Morgan fingerprint density at radius 3 is 2.53 bits per heavy atom. The van der Waals surface area contributed by atoms with Crippen LogP contribution in [0.5, 0.6) is 0 Å². The minimum absolute atomic E-state index is 0.772. The molecule has 0 radical (unpaired) electrons. The van der Waals surface area contributed by atoms with Crippen molar-refractivity contribution >= 4 is 11.3 Å². The molecule has 1 heterocycles. The van der Waals surface area contributed by atoms with Gasteiger partial charge in [-0.1, -0.05) is 20.8 Å². The standard InChI is InChI=1S/C15H25NS/c1-4-14-7-8-15(17-14)9-12(11(2)3)10-16-13-5-6-13/h7-8,11-13,16H,4-6,9-10H2,1-3H3. The molecule has 0 saturated heterocycles. The summed E-state index contributed by atoms with van der Waals surface area (Å²) in [4.78, 5) is 3.09. The van der Waals surface area contributed by atoms with E-state index in [1.165, 1.54) is 37.1 Å². The van der Waals surface area contributed by atoms with Crippen LogP contribution in [0.2, 0.25) is 0 Å². The quantitative estimate of drug-likeness (QED) is 0.775. The Balaban J connectivity index is 1.86. The lowest BCUT2D eigenvalue weighted by Crippen LogP contribution is -2.29. The predicted octanol–water partition coefficient (Wildman–Crippen LogP) is 3.88. The molecule has 2 rings (SSSR count). The maximum Gasteiger partial charge on any atom is 0.00683 e. The van der Waals surface area contributed by atoms with Crippen molar-refractivity contribution < 1.29 is 0 Å². The third-order valence-corrected chi connectivity index (χ3v) is 4.97. The molecule has 2 heteroatoms. The fraction of sp³-hybridized carbons (Fsp3) is 0.733. The lowest BCUT2D eigenvalue weighted by Gasteiger charge is -2.20. The first kappa shape index (κ1) is 13.1. The van der Waals surface area contributed by atoms with Crippen molar-refractivity contribution in [1.29, 1.82) is 0 Å². The molecule has 0 spiro atoms. The van der Waals surface area contributed by atoms with Gasteiger partial charge in [0.15, 0.2) is 0 Å². The Labute approximate surface area is 110 Å². The topological polar surface area (TPSA) is 12.0 Å². The third kappa shape index (κ3) is 4.11. The Morgan fingerprint density at radius 2 is 2.00 bits per heavy atom. The molecule has 1 N–H and O–H groups in total. The molecular weight excluding hydrogens is 226 g/mol. The normalized spacial score (nSPS) is 17.6. The van der Waals surface area contributed by atoms with Crippen molar-refractivity contribution in [1.82, 2.24) is 5.32 Å². The van der Waals surface area contributed by atoms with Crippen LogP contribution in [0.15, 0.2) is 12.1 Å². The third-order valence-electron chi connectivity index (χ3n) is 3.72. The summed E-state index contributed by atoms with van der Waals surface area (Å²) in [6.07, 6.45) is 5.22. The van der Waals surface area contributed by atoms with Gasteiger partial charge >= 0.3 is 0 Å². The summed E-state index contributed by atoms with van der Waals surface area (Å²) in [6.45, 7) is 8.15. The SMILES string of the molecule is CCc1ccc(CC(CNC2CC2)C(C)C)s1. The average Bonchev–Trinajstić information content (AvgIpc) is 3.02. The minimum Gasteiger partial charge on any atom is -0.314 e. The van der Waals surface area contributed by atoms with Gasteiger partial charge in [-0.25, -0.2) is 0 Å². The second kappa shape index (κ2) is 6.01. The van der Waals surface area contributed by atoms with Crippen LogP contribution < -0.4 is 5.32 Å². The van der Waals surface area contributed by atoms with Crippen molar-refractivity contribution in [3.8, 4) is 0 Å². The van der Waals surface area contributed by atoms with Gasteiger partial charge in [0.1, 0.15) is 0 Å². The van der Waals surface area contributed by atoms with Gasteiger partial charge in [-0.15, -0.1) is 11.3 Å². The molecule has 0 bridgehead atoms. The van der Waals surface area contributed by atoms with Crippen LogP contribution in [0.3, 0.4) is 0 Å². The van der Waals surface area contributed by atoms with E-state index in [4.69, 9.17) is 0 Å². The van der Waals surface area contributed by atoms with Crippen LogP contribution in [0.25, 0.3) is 0 Å². The second-order valence-corrected chi connectivity index (χ2v) is 6.87. The molecule has 1 nitrogen and oxygen atoms in total. The highest BCUT2D eigenvalue weighted by atomic mass is 32.1. The van der Waals surface area contributed by atoms with Crippen LogP contribution in [0.4, 0.5) is 0 Å². The Bertz CT molecular complexity index is 338. The maximum atomic E-state index is 3.68. The highest BCUT2D eigenvalue weighted by Crippen LogP contribution is 2.25. The monoisotopic (exact) mass is 251 g/mol. The number of thiophene rings is 1. The van der Waals surface area contributed by atoms with E-state index < -0.39 is 0 Å². The zero-order valence-corrected chi connectivity index (χ0v) is 12.1. The van der Waals surface area contributed by atoms with E-state index in [2.05, 4.69) is 38.2 Å². The first-order chi connectivity index (χ1) is 8.19. The van der Waals surface area contributed by atoms with Gasteiger partial charge in [0.2, 0.25) is 0 Å². The highest BCUT2D eigenvalue weighted by molar-refractivity contribution is 7.11. The minimum atomic E-state index is 0.772. The molecule has 1 atom stereocenters. The predicted molar refractivity (Wildman–Crippen MR) is 76.8 cm³/mol. The van der Waals surface area contributed by atoms with E-state index in [1.807, 2.05) is 11.3 Å². The van der Waals surface area contributed by atoms with Crippen molar-refractivity contribution in [2.45, 2.75) is 52.5 Å². The van der Waals surface area contributed by atoms with Crippen molar-refractivity contribution in [2.75, 3.05) is 6.54 Å². The number of aryl methyl sites for hydroxylation is 1. The number of nitrogens with one attached hydrogen (secondary N) is 1. The van der Waals surface area contributed by atoms with Gasteiger partial charge < -0.3 is 5.32 Å². The van der Waals surface area contributed by atoms with Crippen LogP contribution in [0.1, 0.15) is 43.4 Å². The van der Waals surface area contributed by atoms with Crippen molar-refractivity contribution in [2.24, 2.45) is 11.8 Å². The fourth-order valence-electron chi connectivity index (χ4n) is 2.13. The summed E-state index contributed by atoms with van der Waals surface area (Å²) < 4.78 is 0. The summed E-state index contributed by atoms with van der Waals surface area (Å²) in [5, 5.41) is 3.68. The summed E-state index contributed by atoms with van der Waals surface area (Å²) >= 11 is 2.00. The van der Waals surface area contributed by atoms with Crippen molar-refractivity contribution in [3.05, 3.63) is 21.9 Å². The second-order valence-electron chi connectivity index (χ2n) is 5.61. The van der Waals surface area contributed by atoms with Crippen LogP contribution in [-0.2, 0) is 12.8 Å². The summed E-state index contributed by atoms with van der Waals surface area (Å²) in [5.41, 5.74) is 0. The van der Waals surface area contributed by atoms with E-state index in [0.29, 0.717) is 0 Å². The van der Waals surface area contributed by atoms with Crippen molar-refractivity contribution in [3.63, 3.8) is 0 Å².